The van der Waals surface area contributed by atoms with Gasteiger partial charge >= 0.3 is 0 Å². The van der Waals surface area contributed by atoms with Gasteiger partial charge in [-0.15, -0.1) is 0 Å². The van der Waals surface area contributed by atoms with Gasteiger partial charge < -0.3 is 4.31 Å². The van der Waals surface area contributed by atoms with Gasteiger partial charge in [0.25, 0.3) is 0 Å². The van der Waals surface area contributed by atoms with Crippen molar-refractivity contribution in [1.82, 2.24) is 14.8 Å². The molecule has 0 saturated heterocycles. The zero-order chi connectivity index (χ0) is 15.1. The molecule has 22 heavy (non-hydrogen) atoms. The molecule has 1 atom stereocenters. The highest BCUT2D eigenvalue weighted by Crippen LogP contribution is 2.42. The lowest BCUT2D eigenvalue weighted by atomic mass is 9.83. The quantitative estimate of drug-likeness (QED) is 0.859. The van der Waals surface area contributed by atoms with E-state index in [2.05, 4.69) is 36.4 Å². The van der Waals surface area contributed by atoms with Gasteiger partial charge in [-0.05, 0) is 36.0 Å². The van der Waals surface area contributed by atoms with Gasteiger partial charge in [0.05, 0.1) is 6.20 Å². The van der Waals surface area contributed by atoms with Crippen LogP contribution in [0.4, 0.5) is 5.82 Å². The minimum absolute atomic E-state index is 0.331. The first kappa shape index (κ1) is 14.1. The monoisotopic (exact) mass is 314 g/mol. The maximum atomic E-state index is 4.72. The molecule has 0 N–H and O–H groups in total. The molecule has 4 rings (SSSR count). The summed E-state index contributed by atoms with van der Waals surface area (Å²) in [5.41, 5.74) is 3.98. The third kappa shape index (κ3) is 2.41. The van der Waals surface area contributed by atoms with Crippen molar-refractivity contribution in [3.05, 3.63) is 41.3 Å². The number of hydrogen-bond acceptors (Lipinski definition) is 4. The Kier molecular flexibility index (Phi) is 3.60. The fraction of sp³-hybridized carbons (Fsp3) is 0.529. The lowest BCUT2D eigenvalue weighted by Crippen LogP contribution is -2.10. The highest BCUT2D eigenvalue weighted by molar-refractivity contribution is 7.81. The molecule has 0 bridgehead atoms. The van der Waals surface area contributed by atoms with E-state index in [4.69, 9.17) is 4.98 Å². The van der Waals surface area contributed by atoms with Gasteiger partial charge in [-0.1, -0.05) is 32.1 Å². The van der Waals surface area contributed by atoms with Gasteiger partial charge in [0.1, 0.15) is 5.82 Å². The van der Waals surface area contributed by atoms with Crippen LogP contribution in [-0.2, 0) is 7.05 Å². The number of rotatable bonds is 2. The van der Waals surface area contributed by atoms with E-state index in [1.807, 2.05) is 22.2 Å². The second-order valence-corrected chi connectivity index (χ2v) is 7.08. The molecule has 2 aromatic heterocycles. The van der Waals surface area contributed by atoms with Gasteiger partial charge in [0, 0.05) is 37.5 Å². The first-order chi connectivity index (χ1) is 10.7. The number of thiol groups is 1. The second kappa shape index (κ2) is 5.61. The van der Waals surface area contributed by atoms with Crippen molar-refractivity contribution in [1.29, 1.82) is 0 Å². The van der Waals surface area contributed by atoms with Crippen molar-refractivity contribution in [2.24, 2.45) is 7.05 Å². The van der Waals surface area contributed by atoms with Crippen LogP contribution in [0, 0.1) is 0 Å². The Labute approximate surface area is 137 Å². The van der Waals surface area contributed by atoms with E-state index in [9.17, 15) is 0 Å². The van der Waals surface area contributed by atoms with Crippen molar-refractivity contribution in [3.63, 3.8) is 0 Å². The number of nitrogens with zero attached hydrogens (tertiary/aromatic N) is 4. The molecular weight excluding hydrogens is 292 g/mol. The van der Waals surface area contributed by atoms with Crippen LogP contribution < -0.4 is 4.31 Å². The Hall–Kier alpha value is -1.49. The van der Waals surface area contributed by atoms with Gasteiger partial charge in [-0.2, -0.15) is 5.10 Å². The van der Waals surface area contributed by atoms with Crippen molar-refractivity contribution >= 4 is 18.6 Å². The van der Waals surface area contributed by atoms with Crippen LogP contribution in [0.5, 0.6) is 0 Å². The van der Waals surface area contributed by atoms with E-state index in [0.717, 1.165) is 12.4 Å². The van der Waals surface area contributed by atoms with E-state index in [1.165, 1.54) is 48.8 Å². The number of aryl methyl sites for hydroxylation is 1. The fourth-order valence-corrected chi connectivity index (χ4v) is 4.22. The standard InChI is InChI=1S/C17H22N4S/c1-20-10-14(9-19-20)16-11-21(22)17-15(16)7-13(8-18-17)12-5-3-2-4-6-12/h7-10,12,16,22H,2-6,11H2,1H3. The largest absolute Gasteiger partial charge is 0.302 e. The Morgan fingerprint density at radius 1 is 1.14 bits per heavy atom. The van der Waals surface area contributed by atoms with Crippen LogP contribution in [0.3, 0.4) is 0 Å². The van der Waals surface area contributed by atoms with Gasteiger partial charge in [0.2, 0.25) is 0 Å². The van der Waals surface area contributed by atoms with Gasteiger partial charge in [-0.25, -0.2) is 4.98 Å². The third-order valence-corrected chi connectivity index (χ3v) is 5.45. The summed E-state index contributed by atoms with van der Waals surface area (Å²) in [6, 6.07) is 2.38. The van der Waals surface area contributed by atoms with Crippen LogP contribution in [0.25, 0.3) is 0 Å². The molecule has 0 amide bonds. The highest BCUT2D eigenvalue weighted by Gasteiger charge is 2.31. The molecule has 0 spiro atoms. The van der Waals surface area contributed by atoms with Gasteiger partial charge in [0.15, 0.2) is 0 Å². The molecule has 1 unspecified atom stereocenters. The highest BCUT2D eigenvalue weighted by atomic mass is 32.1. The SMILES string of the molecule is Cn1cc(C2CN(S)c3ncc(C4CCCCC4)cc32)cn1. The maximum Gasteiger partial charge on any atom is 0.142 e. The topological polar surface area (TPSA) is 34.0 Å². The summed E-state index contributed by atoms with van der Waals surface area (Å²) in [5, 5.41) is 4.32. The van der Waals surface area contributed by atoms with Crippen molar-refractivity contribution in [2.75, 3.05) is 10.8 Å². The van der Waals surface area contributed by atoms with Crippen LogP contribution in [0.1, 0.15) is 60.6 Å². The molecular formula is C17H22N4S. The van der Waals surface area contributed by atoms with Crippen LogP contribution in [-0.4, -0.2) is 21.3 Å². The molecule has 5 heteroatoms. The van der Waals surface area contributed by atoms with E-state index >= 15 is 0 Å². The molecule has 0 radical (unpaired) electrons. The van der Waals surface area contributed by atoms with E-state index in [0.29, 0.717) is 11.8 Å². The molecule has 4 nitrogen and oxygen atoms in total. The minimum Gasteiger partial charge on any atom is -0.302 e. The number of pyridine rings is 1. The molecule has 1 saturated carbocycles. The van der Waals surface area contributed by atoms with Gasteiger partial charge in [-0.3, -0.25) is 4.68 Å². The molecule has 1 aliphatic heterocycles. The Bertz CT molecular complexity index is 675. The van der Waals surface area contributed by atoms with Crippen LogP contribution in [0.2, 0.25) is 0 Å². The Morgan fingerprint density at radius 3 is 2.68 bits per heavy atom. The minimum atomic E-state index is 0.331. The molecule has 2 aromatic rings. The van der Waals surface area contributed by atoms with Crippen LogP contribution >= 0.6 is 12.8 Å². The number of fused-ring (bicyclic) bond motifs is 1. The summed E-state index contributed by atoms with van der Waals surface area (Å²) < 4.78 is 3.84. The zero-order valence-corrected chi connectivity index (χ0v) is 13.8. The average molecular weight is 314 g/mol. The Morgan fingerprint density at radius 2 is 1.95 bits per heavy atom. The average Bonchev–Trinajstić information content (AvgIpc) is 3.12. The Balaban J connectivity index is 1.70. The van der Waals surface area contributed by atoms with Crippen LogP contribution in [0.15, 0.2) is 24.7 Å². The first-order valence-corrected chi connectivity index (χ1v) is 8.57. The summed E-state index contributed by atoms with van der Waals surface area (Å²) in [6.07, 6.45) is 12.9. The predicted octanol–water partition coefficient (Wildman–Crippen LogP) is 3.66. The fourth-order valence-electron chi connectivity index (χ4n) is 3.89. The number of hydrogen-bond donors (Lipinski definition) is 1. The summed E-state index contributed by atoms with van der Waals surface area (Å²) in [7, 11) is 1.97. The molecule has 116 valence electrons. The normalized spacial score (nSPS) is 22.1. The second-order valence-electron chi connectivity index (χ2n) is 6.60. The van der Waals surface area contributed by atoms with E-state index in [-0.39, 0.29) is 0 Å². The van der Waals surface area contributed by atoms with Crippen molar-refractivity contribution in [3.8, 4) is 0 Å². The molecule has 1 fully saturated rings. The van der Waals surface area contributed by atoms with E-state index < -0.39 is 0 Å². The zero-order valence-electron chi connectivity index (χ0n) is 12.9. The van der Waals surface area contributed by atoms with Crippen molar-refractivity contribution < 1.29 is 0 Å². The molecule has 0 aromatic carbocycles. The number of aromatic nitrogens is 3. The summed E-state index contributed by atoms with van der Waals surface area (Å²) >= 11 is 4.59. The first-order valence-electron chi connectivity index (χ1n) is 8.17. The summed E-state index contributed by atoms with van der Waals surface area (Å²) in [4.78, 5) is 4.72. The molecule has 3 heterocycles. The predicted molar refractivity (Wildman–Crippen MR) is 91.4 cm³/mol. The molecule has 1 aliphatic carbocycles. The summed E-state index contributed by atoms with van der Waals surface area (Å²) in [5.74, 6) is 2.03. The third-order valence-electron chi connectivity index (χ3n) is 5.10. The van der Waals surface area contributed by atoms with Crippen molar-refractivity contribution in [2.45, 2.75) is 43.9 Å². The van der Waals surface area contributed by atoms with E-state index in [1.54, 1.807) is 0 Å². The lowest BCUT2D eigenvalue weighted by molar-refractivity contribution is 0.442. The smallest absolute Gasteiger partial charge is 0.142 e. The molecule has 2 aliphatic rings. The summed E-state index contributed by atoms with van der Waals surface area (Å²) in [6.45, 7) is 0.866. The number of anilines is 1. The maximum absolute atomic E-state index is 4.72. The lowest BCUT2D eigenvalue weighted by Gasteiger charge is -2.22.